The second-order valence-electron chi connectivity index (χ2n) is 3.19. The van der Waals surface area contributed by atoms with Crippen LogP contribution in [0.3, 0.4) is 0 Å². The van der Waals surface area contributed by atoms with Gasteiger partial charge in [0.1, 0.15) is 5.75 Å². The van der Waals surface area contributed by atoms with E-state index in [9.17, 15) is 9.90 Å². The van der Waals surface area contributed by atoms with Gasteiger partial charge >= 0.3 is 5.97 Å². The van der Waals surface area contributed by atoms with Crippen LogP contribution in [0.4, 0.5) is 0 Å². The number of halogens is 1. The first-order valence-electron chi connectivity index (χ1n) is 4.16. The molecule has 0 aromatic heterocycles. The van der Waals surface area contributed by atoms with Crippen LogP contribution in [0, 0.1) is 6.92 Å². The maximum absolute atomic E-state index is 10.7. The van der Waals surface area contributed by atoms with E-state index in [1.54, 1.807) is 19.1 Å². The van der Waals surface area contributed by atoms with E-state index in [0.29, 0.717) is 11.1 Å². The van der Waals surface area contributed by atoms with Crippen molar-refractivity contribution < 1.29 is 15.0 Å². The molecule has 1 unspecified atom stereocenters. The Kier molecular flexibility index (Phi) is 3.01. The highest BCUT2D eigenvalue weighted by Gasteiger charge is 2.19. The van der Waals surface area contributed by atoms with E-state index in [-0.39, 0.29) is 10.8 Å². The van der Waals surface area contributed by atoms with Crippen molar-refractivity contribution in [2.75, 3.05) is 0 Å². The number of phenolic OH excluding ortho intramolecular Hbond substituents is 1. The number of carboxylic acids is 1. The molecule has 4 heteroatoms. The highest BCUT2D eigenvalue weighted by atomic mass is 35.5. The molecule has 3 nitrogen and oxygen atoms in total. The molecule has 0 saturated carbocycles. The maximum atomic E-state index is 10.7. The first-order chi connectivity index (χ1) is 6.45. The minimum absolute atomic E-state index is 0.0442. The lowest BCUT2D eigenvalue weighted by Crippen LogP contribution is -2.08. The highest BCUT2D eigenvalue weighted by Crippen LogP contribution is 2.34. The number of hydrogen-bond acceptors (Lipinski definition) is 2. The van der Waals surface area contributed by atoms with Crippen molar-refractivity contribution in [3.63, 3.8) is 0 Å². The van der Waals surface area contributed by atoms with E-state index >= 15 is 0 Å². The standard InChI is InChI=1S/C10H11ClO3/c1-5-3-4-7(6(2)10(13)14)8(11)9(5)12/h3-4,6,12H,1-2H3,(H,13,14). The summed E-state index contributed by atoms with van der Waals surface area (Å²) in [6.45, 7) is 3.23. The normalized spacial score (nSPS) is 12.5. The number of aliphatic carboxylic acids is 1. The van der Waals surface area contributed by atoms with E-state index < -0.39 is 11.9 Å². The number of aromatic hydroxyl groups is 1. The van der Waals surface area contributed by atoms with Gasteiger partial charge in [0, 0.05) is 0 Å². The molecule has 14 heavy (non-hydrogen) atoms. The molecule has 1 aromatic rings. The second-order valence-corrected chi connectivity index (χ2v) is 3.57. The molecule has 1 atom stereocenters. The Labute approximate surface area is 86.9 Å². The van der Waals surface area contributed by atoms with E-state index in [1.807, 2.05) is 0 Å². The van der Waals surface area contributed by atoms with Crippen LogP contribution in [0.1, 0.15) is 24.0 Å². The molecule has 0 amide bonds. The number of hydrogen-bond donors (Lipinski definition) is 2. The molecule has 0 saturated heterocycles. The van der Waals surface area contributed by atoms with Gasteiger partial charge in [-0.05, 0) is 25.0 Å². The SMILES string of the molecule is Cc1ccc(C(C)C(=O)O)c(Cl)c1O. The van der Waals surface area contributed by atoms with Gasteiger partial charge in [0.25, 0.3) is 0 Å². The van der Waals surface area contributed by atoms with Crippen LogP contribution in [-0.4, -0.2) is 16.2 Å². The lowest BCUT2D eigenvalue weighted by molar-refractivity contribution is -0.138. The molecule has 0 radical (unpaired) electrons. The molecule has 0 bridgehead atoms. The van der Waals surface area contributed by atoms with Gasteiger partial charge < -0.3 is 10.2 Å². The van der Waals surface area contributed by atoms with Gasteiger partial charge in [-0.2, -0.15) is 0 Å². The summed E-state index contributed by atoms with van der Waals surface area (Å²) in [6, 6.07) is 3.27. The first-order valence-corrected chi connectivity index (χ1v) is 4.53. The van der Waals surface area contributed by atoms with Gasteiger partial charge in [0.2, 0.25) is 0 Å². The Balaban J connectivity index is 3.24. The van der Waals surface area contributed by atoms with Crippen LogP contribution in [0.2, 0.25) is 5.02 Å². The Morgan fingerprint density at radius 3 is 2.57 bits per heavy atom. The smallest absolute Gasteiger partial charge is 0.310 e. The Morgan fingerprint density at radius 2 is 2.07 bits per heavy atom. The number of phenols is 1. The molecular formula is C10H11ClO3. The van der Waals surface area contributed by atoms with Gasteiger partial charge in [-0.15, -0.1) is 0 Å². The minimum atomic E-state index is -0.963. The summed E-state index contributed by atoms with van der Waals surface area (Å²) in [5.74, 6) is -1.72. The van der Waals surface area contributed by atoms with Crippen molar-refractivity contribution >= 4 is 17.6 Å². The predicted molar refractivity (Wildman–Crippen MR) is 53.9 cm³/mol. The van der Waals surface area contributed by atoms with Crippen LogP contribution in [0.25, 0.3) is 0 Å². The van der Waals surface area contributed by atoms with Crippen LogP contribution < -0.4 is 0 Å². The van der Waals surface area contributed by atoms with Crippen molar-refractivity contribution in [3.05, 3.63) is 28.3 Å². The second kappa shape index (κ2) is 3.88. The van der Waals surface area contributed by atoms with Gasteiger partial charge in [-0.1, -0.05) is 23.7 Å². The molecule has 0 aliphatic heterocycles. The number of carboxylic acid groups (broad SMARTS) is 1. The van der Waals surface area contributed by atoms with Crippen LogP contribution in [0.15, 0.2) is 12.1 Å². The Bertz CT molecular complexity index is 374. The van der Waals surface area contributed by atoms with Crippen molar-refractivity contribution in [3.8, 4) is 5.75 Å². The summed E-state index contributed by atoms with van der Waals surface area (Å²) in [5, 5.41) is 18.4. The molecule has 0 spiro atoms. The number of rotatable bonds is 2. The van der Waals surface area contributed by atoms with Gasteiger partial charge in [0.05, 0.1) is 10.9 Å². The predicted octanol–water partition coefficient (Wildman–Crippen LogP) is 2.54. The van der Waals surface area contributed by atoms with Crippen LogP contribution in [0.5, 0.6) is 5.75 Å². The van der Waals surface area contributed by atoms with E-state index in [4.69, 9.17) is 16.7 Å². The van der Waals surface area contributed by atoms with Crippen molar-refractivity contribution in [2.45, 2.75) is 19.8 Å². The Morgan fingerprint density at radius 1 is 1.50 bits per heavy atom. The fraction of sp³-hybridized carbons (Fsp3) is 0.300. The fourth-order valence-electron chi connectivity index (χ4n) is 1.14. The molecule has 0 aliphatic carbocycles. The number of benzene rings is 1. The topological polar surface area (TPSA) is 57.5 Å². The van der Waals surface area contributed by atoms with Crippen molar-refractivity contribution in [1.29, 1.82) is 0 Å². The fourth-order valence-corrected chi connectivity index (χ4v) is 1.52. The molecule has 1 rings (SSSR count). The zero-order valence-electron chi connectivity index (χ0n) is 7.91. The average Bonchev–Trinajstić information content (AvgIpc) is 2.13. The highest BCUT2D eigenvalue weighted by molar-refractivity contribution is 6.33. The largest absolute Gasteiger partial charge is 0.506 e. The van der Waals surface area contributed by atoms with E-state index in [1.165, 1.54) is 6.92 Å². The van der Waals surface area contributed by atoms with Gasteiger partial charge in [-0.3, -0.25) is 4.79 Å². The van der Waals surface area contributed by atoms with Gasteiger partial charge in [-0.25, -0.2) is 0 Å². The molecule has 0 heterocycles. The minimum Gasteiger partial charge on any atom is -0.506 e. The maximum Gasteiger partial charge on any atom is 0.310 e. The summed E-state index contributed by atoms with van der Waals surface area (Å²) in [6.07, 6.45) is 0. The molecular weight excluding hydrogens is 204 g/mol. The van der Waals surface area contributed by atoms with Crippen molar-refractivity contribution in [2.24, 2.45) is 0 Å². The summed E-state index contributed by atoms with van der Waals surface area (Å²) in [7, 11) is 0. The average molecular weight is 215 g/mol. The van der Waals surface area contributed by atoms with Crippen molar-refractivity contribution in [1.82, 2.24) is 0 Å². The lowest BCUT2D eigenvalue weighted by atomic mass is 9.99. The molecule has 76 valence electrons. The summed E-state index contributed by atoms with van der Waals surface area (Å²) in [4.78, 5) is 10.7. The Hall–Kier alpha value is -1.22. The monoisotopic (exact) mass is 214 g/mol. The summed E-state index contributed by atoms with van der Waals surface area (Å²) in [5.41, 5.74) is 1.07. The van der Waals surface area contributed by atoms with Crippen LogP contribution >= 0.6 is 11.6 Å². The quantitative estimate of drug-likeness (QED) is 0.796. The third-order valence-corrected chi connectivity index (χ3v) is 2.58. The molecule has 1 aromatic carbocycles. The van der Waals surface area contributed by atoms with E-state index in [2.05, 4.69) is 0 Å². The zero-order chi connectivity index (χ0) is 10.9. The van der Waals surface area contributed by atoms with E-state index in [0.717, 1.165) is 0 Å². The number of aryl methyl sites for hydroxylation is 1. The van der Waals surface area contributed by atoms with Crippen LogP contribution in [-0.2, 0) is 4.79 Å². The van der Waals surface area contributed by atoms with Gasteiger partial charge in [0.15, 0.2) is 0 Å². The zero-order valence-corrected chi connectivity index (χ0v) is 8.67. The summed E-state index contributed by atoms with van der Waals surface area (Å²) >= 11 is 5.82. The molecule has 2 N–H and O–H groups in total. The third kappa shape index (κ3) is 1.82. The summed E-state index contributed by atoms with van der Waals surface area (Å²) < 4.78 is 0. The molecule has 0 aliphatic rings. The molecule has 0 fully saturated rings. The number of carbonyl (C=O) groups is 1. The lowest BCUT2D eigenvalue weighted by Gasteiger charge is -2.11. The third-order valence-electron chi connectivity index (χ3n) is 2.18. The first kappa shape index (κ1) is 10.9.